The largest absolute Gasteiger partial charge is 0.489 e. The Morgan fingerprint density at radius 2 is 1.94 bits per heavy atom. The van der Waals surface area contributed by atoms with Gasteiger partial charge in [-0.2, -0.15) is 5.11 Å². The molecule has 0 aromatic heterocycles. The highest BCUT2D eigenvalue weighted by atomic mass is 16.5. The number of hydrogen-bond acceptors (Lipinski definition) is 7. The molecule has 9 nitrogen and oxygen atoms in total. The van der Waals surface area contributed by atoms with Crippen LogP contribution < -0.4 is 10.5 Å². The Balaban J connectivity index is 1.54. The number of carbonyl (C=O) groups excluding carboxylic acids is 1. The lowest BCUT2D eigenvalue weighted by Crippen LogP contribution is -2.40. The molecule has 2 aliphatic rings. The summed E-state index contributed by atoms with van der Waals surface area (Å²) in [5.74, 6) is -0.0230. The molecule has 2 heterocycles. The predicted octanol–water partition coefficient (Wildman–Crippen LogP) is 3.07. The molecule has 9 heteroatoms. The van der Waals surface area contributed by atoms with Crippen molar-refractivity contribution in [2.45, 2.75) is 38.3 Å². The minimum Gasteiger partial charge on any atom is -0.489 e. The average molecular weight is 465 g/mol. The number of carbonyl (C=O) groups is 1. The summed E-state index contributed by atoms with van der Waals surface area (Å²) in [5.41, 5.74) is 16.7. The van der Waals surface area contributed by atoms with E-state index in [-0.39, 0.29) is 18.0 Å². The number of nitrogens with one attached hydrogen (secondary N) is 2. The first-order chi connectivity index (χ1) is 16.5. The number of likely N-dealkylation sites (tertiary alicyclic amines) is 1. The SMILES string of the molecule is CCOC(=O)C(c1ccc(OC2CCN(CN=N)C2)cc1)c1ccc2c(c1)CN(C(=N)N)CC2. The maximum Gasteiger partial charge on any atom is 0.317 e. The number of fused-ring (bicyclic) bond motifs is 1. The lowest BCUT2D eigenvalue weighted by Gasteiger charge is -2.30. The van der Waals surface area contributed by atoms with Crippen LogP contribution in [0.1, 0.15) is 41.5 Å². The van der Waals surface area contributed by atoms with E-state index in [9.17, 15) is 4.79 Å². The third kappa shape index (κ3) is 5.36. The highest BCUT2D eigenvalue weighted by molar-refractivity contribution is 5.82. The maximum atomic E-state index is 13.0. The predicted molar refractivity (Wildman–Crippen MR) is 128 cm³/mol. The number of hydrogen-bond donors (Lipinski definition) is 3. The zero-order valence-corrected chi connectivity index (χ0v) is 19.5. The van der Waals surface area contributed by atoms with Crippen molar-refractivity contribution < 1.29 is 14.3 Å². The number of nitrogens with zero attached hydrogens (tertiary/aromatic N) is 3. The number of nitrogens with two attached hydrogens (primary N) is 1. The van der Waals surface area contributed by atoms with Gasteiger partial charge >= 0.3 is 5.97 Å². The monoisotopic (exact) mass is 464 g/mol. The van der Waals surface area contributed by atoms with Crippen molar-refractivity contribution >= 4 is 11.9 Å². The van der Waals surface area contributed by atoms with Crippen LogP contribution in [0.3, 0.4) is 0 Å². The Kier molecular flexibility index (Phi) is 7.42. The molecule has 0 aliphatic carbocycles. The van der Waals surface area contributed by atoms with Crippen LogP contribution in [-0.4, -0.2) is 60.7 Å². The van der Waals surface area contributed by atoms with Crippen LogP contribution in [0, 0.1) is 10.9 Å². The highest BCUT2D eigenvalue weighted by Gasteiger charge is 2.27. The molecule has 2 atom stereocenters. The zero-order chi connectivity index (χ0) is 24.1. The fourth-order valence-electron chi connectivity index (χ4n) is 4.71. The van der Waals surface area contributed by atoms with Crippen molar-refractivity contribution in [3.8, 4) is 5.75 Å². The normalized spacial score (nSPS) is 18.7. The first-order valence-corrected chi connectivity index (χ1v) is 11.7. The number of esters is 1. The molecule has 0 radical (unpaired) electrons. The molecule has 2 aromatic rings. The molecule has 2 unspecified atom stereocenters. The second kappa shape index (κ2) is 10.6. The molecule has 4 N–H and O–H groups in total. The van der Waals surface area contributed by atoms with Gasteiger partial charge in [-0.25, -0.2) is 5.53 Å². The van der Waals surface area contributed by atoms with Crippen molar-refractivity contribution in [1.82, 2.24) is 9.80 Å². The second-order valence-electron chi connectivity index (χ2n) is 8.74. The Morgan fingerprint density at radius 1 is 1.18 bits per heavy atom. The fourth-order valence-corrected chi connectivity index (χ4v) is 4.71. The van der Waals surface area contributed by atoms with Gasteiger partial charge in [-0.1, -0.05) is 30.3 Å². The maximum absolute atomic E-state index is 13.0. The van der Waals surface area contributed by atoms with Gasteiger partial charge in [0.1, 0.15) is 24.4 Å². The van der Waals surface area contributed by atoms with Crippen LogP contribution >= 0.6 is 0 Å². The van der Waals surface area contributed by atoms with Gasteiger partial charge < -0.3 is 20.1 Å². The molecular formula is C25H32N6O3. The topological polar surface area (TPSA) is 128 Å². The van der Waals surface area contributed by atoms with Crippen LogP contribution in [-0.2, 0) is 22.5 Å². The summed E-state index contributed by atoms with van der Waals surface area (Å²) in [6, 6.07) is 13.7. The van der Waals surface area contributed by atoms with Crippen molar-refractivity contribution in [3.63, 3.8) is 0 Å². The van der Waals surface area contributed by atoms with Gasteiger partial charge in [0.25, 0.3) is 0 Å². The molecule has 1 saturated heterocycles. The Morgan fingerprint density at radius 3 is 2.65 bits per heavy atom. The van der Waals surface area contributed by atoms with Gasteiger partial charge in [0.05, 0.1) is 6.61 Å². The third-order valence-corrected chi connectivity index (χ3v) is 6.45. The molecule has 2 aromatic carbocycles. The van der Waals surface area contributed by atoms with Crippen molar-refractivity contribution in [3.05, 3.63) is 64.7 Å². The second-order valence-corrected chi connectivity index (χ2v) is 8.74. The van der Waals surface area contributed by atoms with E-state index >= 15 is 0 Å². The summed E-state index contributed by atoms with van der Waals surface area (Å²) in [5, 5.41) is 11.2. The minimum atomic E-state index is -0.548. The minimum absolute atomic E-state index is 0.0630. The number of ether oxygens (including phenoxy) is 2. The smallest absolute Gasteiger partial charge is 0.317 e. The van der Waals surface area contributed by atoms with E-state index in [1.54, 1.807) is 0 Å². The van der Waals surface area contributed by atoms with Gasteiger partial charge in [0.15, 0.2) is 5.96 Å². The summed E-state index contributed by atoms with van der Waals surface area (Å²) in [6.07, 6.45) is 1.79. The van der Waals surface area contributed by atoms with Gasteiger partial charge in [-0.05, 0) is 54.2 Å². The number of benzene rings is 2. The Bertz CT molecular complexity index is 1040. The van der Waals surface area contributed by atoms with Gasteiger partial charge in [-0.15, -0.1) is 0 Å². The summed E-state index contributed by atoms with van der Waals surface area (Å²) >= 11 is 0. The Labute approximate surface area is 199 Å². The summed E-state index contributed by atoms with van der Waals surface area (Å²) in [6.45, 7) is 5.43. The quantitative estimate of drug-likeness (QED) is 0.238. The fraction of sp³-hybridized carbons (Fsp3) is 0.440. The average Bonchev–Trinajstić information content (AvgIpc) is 3.27. The van der Waals surface area contributed by atoms with Gasteiger partial charge in [-0.3, -0.25) is 15.1 Å². The van der Waals surface area contributed by atoms with E-state index in [4.69, 9.17) is 26.1 Å². The highest BCUT2D eigenvalue weighted by Crippen LogP contribution is 2.31. The van der Waals surface area contributed by atoms with Crippen LogP contribution in [0.25, 0.3) is 0 Å². The standard InChI is InChI=1S/C25H32N6O3/c1-2-33-24(32)23(19-4-3-17-9-12-31(25(26)27)14-20(17)13-19)18-5-7-21(8-6-18)34-22-10-11-30(15-22)16-29-28/h3-8,13,22-23,28H,2,9-12,14-16H2,1H3,(H3,26,27). The zero-order valence-electron chi connectivity index (χ0n) is 19.5. The molecule has 4 rings (SSSR count). The van der Waals surface area contributed by atoms with E-state index < -0.39 is 5.92 Å². The van der Waals surface area contributed by atoms with Crippen LogP contribution in [0.4, 0.5) is 0 Å². The van der Waals surface area contributed by atoms with E-state index in [1.807, 2.05) is 48.2 Å². The van der Waals surface area contributed by atoms with Crippen molar-refractivity contribution in [2.75, 3.05) is 32.9 Å². The lowest BCUT2D eigenvalue weighted by molar-refractivity contribution is -0.143. The van der Waals surface area contributed by atoms with E-state index in [1.165, 1.54) is 5.56 Å². The van der Waals surface area contributed by atoms with Crippen LogP contribution in [0.2, 0.25) is 0 Å². The molecule has 34 heavy (non-hydrogen) atoms. The molecule has 0 spiro atoms. The van der Waals surface area contributed by atoms with Crippen LogP contribution in [0.15, 0.2) is 47.6 Å². The van der Waals surface area contributed by atoms with E-state index in [0.29, 0.717) is 19.8 Å². The molecule has 0 saturated carbocycles. The number of rotatable bonds is 8. The van der Waals surface area contributed by atoms with E-state index in [0.717, 1.165) is 54.9 Å². The molecule has 0 bridgehead atoms. The molecule has 0 amide bonds. The first-order valence-electron chi connectivity index (χ1n) is 11.7. The van der Waals surface area contributed by atoms with Crippen molar-refractivity contribution in [1.29, 1.82) is 10.9 Å². The summed E-state index contributed by atoms with van der Waals surface area (Å²) < 4.78 is 11.5. The Hall–Kier alpha value is -3.46. The molecule has 180 valence electrons. The molecule has 2 aliphatic heterocycles. The molecule has 1 fully saturated rings. The number of guanidine groups is 1. The lowest BCUT2D eigenvalue weighted by atomic mass is 9.87. The summed E-state index contributed by atoms with van der Waals surface area (Å²) in [4.78, 5) is 16.9. The first kappa shape index (κ1) is 23.7. The van der Waals surface area contributed by atoms with E-state index in [2.05, 4.69) is 16.1 Å². The van der Waals surface area contributed by atoms with Gasteiger partial charge in [0.2, 0.25) is 0 Å². The van der Waals surface area contributed by atoms with Crippen LogP contribution in [0.5, 0.6) is 5.75 Å². The summed E-state index contributed by atoms with van der Waals surface area (Å²) in [7, 11) is 0. The van der Waals surface area contributed by atoms with Crippen molar-refractivity contribution in [2.24, 2.45) is 10.8 Å². The molecular weight excluding hydrogens is 432 g/mol. The van der Waals surface area contributed by atoms with Gasteiger partial charge in [0, 0.05) is 26.2 Å². The third-order valence-electron chi connectivity index (χ3n) is 6.45.